The van der Waals surface area contributed by atoms with Crippen molar-refractivity contribution in [2.24, 2.45) is 5.73 Å². The van der Waals surface area contributed by atoms with Crippen LogP contribution in [0.3, 0.4) is 0 Å². The third kappa shape index (κ3) is 2.79. The molecule has 0 unspecified atom stereocenters. The summed E-state index contributed by atoms with van der Waals surface area (Å²) < 4.78 is 2.08. The van der Waals surface area contributed by atoms with Gasteiger partial charge >= 0.3 is 0 Å². The minimum atomic E-state index is 0.385. The van der Waals surface area contributed by atoms with Gasteiger partial charge in [0.15, 0.2) is 5.82 Å². The van der Waals surface area contributed by atoms with E-state index in [0.29, 0.717) is 11.4 Å². The van der Waals surface area contributed by atoms with Crippen molar-refractivity contribution in [1.82, 2.24) is 14.9 Å². The van der Waals surface area contributed by atoms with Gasteiger partial charge in [0.25, 0.3) is 0 Å². The van der Waals surface area contributed by atoms with Gasteiger partial charge in [0.2, 0.25) is 0 Å². The summed E-state index contributed by atoms with van der Waals surface area (Å²) in [6.07, 6.45) is 1.65. The molecule has 0 saturated heterocycles. The monoisotopic (exact) mass is 249 g/mol. The second-order valence-electron chi connectivity index (χ2n) is 3.98. The van der Waals surface area contributed by atoms with E-state index in [1.807, 2.05) is 13.8 Å². The smallest absolute Gasteiger partial charge is 0.158 e. The van der Waals surface area contributed by atoms with Crippen LogP contribution in [0.5, 0.6) is 0 Å². The lowest BCUT2D eigenvalue weighted by molar-refractivity contribution is 0.666. The highest BCUT2D eigenvalue weighted by molar-refractivity contribution is 6.04. The summed E-state index contributed by atoms with van der Waals surface area (Å²) >= 11 is 0. The number of imidazole rings is 1. The van der Waals surface area contributed by atoms with Gasteiger partial charge in [0, 0.05) is 25.3 Å². The van der Waals surface area contributed by atoms with Crippen molar-refractivity contribution >= 4 is 5.71 Å². The molecular formula is C13H23N5. The second kappa shape index (κ2) is 6.35. The summed E-state index contributed by atoms with van der Waals surface area (Å²) in [6.45, 7) is 10.3. The van der Waals surface area contributed by atoms with Crippen molar-refractivity contribution in [1.29, 1.82) is 5.41 Å². The maximum absolute atomic E-state index is 7.95. The van der Waals surface area contributed by atoms with Gasteiger partial charge in [-0.2, -0.15) is 0 Å². The van der Waals surface area contributed by atoms with Crippen LogP contribution in [0.25, 0.3) is 0 Å². The molecule has 0 saturated carbocycles. The zero-order valence-electron chi connectivity index (χ0n) is 11.7. The van der Waals surface area contributed by atoms with E-state index in [2.05, 4.69) is 21.8 Å². The summed E-state index contributed by atoms with van der Waals surface area (Å²) in [7, 11) is 0. The number of fused-ring (bicyclic) bond motifs is 1. The van der Waals surface area contributed by atoms with Crippen molar-refractivity contribution in [3.8, 4) is 0 Å². The lowest BCUT2D eigenvalue weighted by Gasteiger charge is -2.07. The quantitative estimate of drug-likeness (QED) is 0.714. The van der Waals surface area contributed by atoms with Gasteiger partial charge in [-0.15, -0.1) is 0 Å². The van der Waals surface area contributed by atoms with Crippen molar-refractivity contribution in [2.45, 2.75) is 47.3 Å². The number of nitrogens with one attached hydrogen (secondary N) is 2. The second-order valence-corrected chi connectivity index (χ2v) is 3.98. The van der Waals surface area contributed by atoms with Crippen LogP contribution in [0.2, 0.25) is 0 Å². The van der Waals surface area contributed by atoms with Crippen LogP contribution in [0.1, 0.15) is 44.9 Å². The Kier molecular flexibility index (Phi) is 5.09. The molecule has 0 spiro atoms. The Hall–Kier alpha value is -1.62. The zero-order chi connectivity index (χ0) is 13.7. The lowest BCUT2D eigenvalue weighted by Crippen LogP contribution is -2.14. The molecule has 0 atom stereocenters. The number of nitrogens with two attached hydrogens (primary N) is 1. The Morgan fingerprint density at radius 1 is 1.50 bits per heavy atom. The fraction of sp³-hybridized carbons (Fsp3) is 0.538. The lowest BCUT2D eigenvalue weighted by atomic mass is 10.3. The fourth-order valence-corrected chi connectivity index (χ4v) is 2.01. The Morgan fingerprint density at radius 3 is 2.72 bits per heavy atom. The molecule has 0 amide bonds. The van der Waals surface area contributed by atoms with Crippen LogP contribution in [0.4, 0.5) is 0 Å². The van der Waals surface area contributed by atoms with Crippen LogP contribution in [-0.2, 0) is 19.6 Å². The molecule has 2 rings (SSSR count). The molecule has 1 aliphatic rings. The molecule has 4 N–H and O–H groups in total. The van der Waals surface area contributed by atoms with Gasteiger partial charge in [-0.05, 0) is 19.9 Å². The average Bonchev–Trinajstić information content (AvgIpc) is 2.89. The maximum Gasteiger partial charge on any atom is 0.158 e. The number of rotatable bonds is 3. The predicted molar refractivity (Wildman–Crippen MR) is 74.6 cm³/mol. The van der Waals surface area contributed by atoms with Gasteiger partial charge in [-0.1, -0.05) is 13.8 Å². The molecule has 5 nitrogen and oxygen atoms in total. The van der Waals surface area contributed by atoms with Crippen molar-refractivity contribution in [3.05, 3.63) is 29.0 Å². The molecule has 100 valence electrons. The number of hydrogen-bond acceptors (Lipinski definition) is 4. The highest BCUT2D eigenvalue weighted by Crippen LogP contribution is 2.17. The van der Waals surface area contributed by atoms with Gasteiger partial charge in [0.05, 0.1) is 17.1 Å². The van der Waals surface area contributed by atoms with Gasteiger partial charge in [-0.3, -0.25) is 5.41 Å². The molecule has 0 aromatic carbocycles. The highest BCUT2D eigenvalue weighted by atomic mass is 15.1. The van der Waals surface area contributed by atoms with Crippen LogP contribution < -0.4 is 11.1 Å². The van der Waals surface area contributed by atoms with Gasteiger partial charge in [-0.25, -0.2) is 4.98 Å². The van der Waals surface area contributed by atoms with E-state index in [0.717, 1.165) is 31.2 Å². The Labute approximate surface area is 109 Å². The third-order valence-electron chi connectivity index (χ3n) is 2.67. The first-order chi connectivity index (χ1) is 8.63. The fourth-order valence-electron chi connectivity index (χ4n) is 2.01. The van der Waals surface area contributed by atoms with Gasteiger partial charge < -0.3 is 15.6 Å². The van der Waals surface area contributed by atoms with Crippen molar-refractivity contribution in [3.63, 3.8) is 0 Å². The number of nitrogens with zero attached hydrogens (tertiary/aromatic N) is 2. The molecule has 0 fully saturated rings. The summed E-state index contributed by atoms with van der Waals surface area (Å²) in [5.41, 5.74) is 8.86. The Bertz CT molecular complexity index is 452. The number of aromatic nitrogens is 2. The van der Waals surface area contributed by atoms with Crippen LogP contribution in [-0.4, -0.2) is 15.3 Å². The molecule has 0 bridgehead atoms. The average molecular weight is 249 g/mol. The minimum absolute atomic E-state index is 0.385. The molecular weight excluding hydrogens is 226 g/mol. The summed E-state index contributed by atoms with van der Waals surface area (Å²) in [5, 5.41) is 11.2. The van der Waals surface area contributed by atoms with E-state index in [9.17, 15) is 0 Å². The molecule has 5 heteroatoms. The van der Waals surface area contributed by atoms with Gasteiger partial charge in [0.1, 0.15) is 0 Å². The standard InChI is InChI=1S/C11H17N5.C2H6/c1-3-16-10-6-14-5-9(10)15-11(16)8(13)4-7(2)12;1-2/h4,13-14H,3,5-6,12H2,1-2H3;1-2H3/b7-4-,13-8?;. The molecule has 0 radical (unpaired) electrons. The minimum Gasteiger partial charge on any atom is -0.402 e. The van der Waals surface area contributed by atoms with E-state index in [-0.39, 0.29) is 0 Å². The van der Waals surface area contributed by atoms with Crippen molar-refractivity contribution in [2.75, 3.05) is 0 Å². The molecule has 0 aliphatic carbocycles. The van der Waals surface area contributed by atoms with E-state index in [4.69, 9.17) is 11.1 Å². The first-order valence-corrected chi connectivity index (χ1v) is 6.45. The molecule has 1 aliphatic heterocycles. The van der Waals surface area contributed by atoms with Crippen LogP contribution >= 0.6 is 0 Å². The molecule has 1 aromatic rings. The SMILES string of the molecule is CC.CCn1c(C(=N)/C=C(/C)N)nc2c1CNC2. The van der Waals surface area contributed by atoms with E-state index >= 15 is 0 Å². The summed E-state index contributed by atoms with van der Waals surface area (Å²) in [5.74, 6) is 0.721. The molecule has 2 heterocycles. The maximum atomic E-state index is 7.95. The molecule has 1 aromatic heterocycles. The Morgan fingerprint density at radius 2 is 2.17 bits per heavy atom. The highest BCUT2D eigenvalue weighted by Gasteiger charge is 2.21. The molecule has 18 heavy (non-hydrogen) atoms. The topological polar surface area (TPSA) is 79.7 Å². The normalized spacial score (nSPS) is 13.9. The third-order valence-corrected chi connectivity index (χ3v) is 2.67. The zero-order valence-corrected chi connectivity index (χ0v) is 11.7. The van der Waals surface area contributed by atoms with E-state index in [1.165, 1.54) is 5.69 Å². The summed E-state index contributed by atoms with van der Waals surface area (Å²) in [4.78, 5) is 4.49. The first-order valence-electron chi connectivity index (χ1n) is 6.45. The first kappa shape index (κ1) is 14.4. The summed E-state index contributed by atoms with van der Waals surface area (Å²) in [6, 6.07) is 0. The van der Waals surface area contributed by atoms with Crippen LogP contribution in [0, 0.1) is 5.41 Å². The number of hydrogen-bond donors (Lipinski definition) is 3. The Balaban J connectivity index is 0.000000771. The van der Waals surface area contributed by atoms with Crippen molar-refractivity contribution < 1.29 is 0 Å². The largest absolute Gasteiger partial charge is 0.402 e. The number of allylic oxidation sites excluding steroid dienone is 2. The van der Waals surface area contributed by atoms with E-state index < -0.39 is 0 Å². The van der Waals surface area contributed by atoms with E-state index in [1.54, 1.807) is 13.0 Å². The predicted octanol–water partition coefficient (Wildman–Crippen LogP) is 1.76. The van der Waals surface area contributed by atoms with Crippen LogP contribution in [0.15, 0.2) is 11.8 Å².